The Morgan fingerprint density at radius 2 is 1.72 bits per heavy atom. The molecule has 4 aromatic carbocycles. The lowest BCUT2D eigenvalue weighted by molar-refractivity contribution is -0.111. The van der Waals surface area contributed by atoms with E-state index in [9.17, 15) is 4.79 Å². The van der Waals surface area contributed by atoms with Crippen LogP contribution in [0.5, 0.6) is 5.75 Å². The second-order valence-electron chi connectivity index (χ2n) is 7.29. The summed E-state index contributed by atoms with van der Waals surface area (Å²) in [5.74, 6) is 0.993. The van der Waals surface area contributed by atoms with Gasteiger partial charge in [-0.25, -0.2) is 4.98 Å². The standard InChI is InChI=1S/C27H20N2O3/c1-31-20-14-10-18(11-15-20)12-17-25(30)28-23-9-5-4-8-22(23)27-29-26-21-7-3-2-6-19(21)13-16-24(26)32-27/h2-17H,1H3,(H,28,30). The van der Waals surface area contributed by atoms with E-state index in [1.807, 2.05) is 84.9 Å². The minimum atomic E-state index is -0.241. The molecule has 0 atom stereocenters. The maximum absolute atomic E-state index is 12.6. The Morgan fingerprint density at radius 3 is 2.56 bits per heavy atom. The summed E-state index contributed by atoms with van der Waals surface area (Å²) in [6.07, 6.45) is 3.25. The fourth-order valence-electron chi connectivity index (χ4n) is 3.62. The Balaban J connectivity index is 1.43. The minimum absolute atomic E-state index is 0.241. The van der Waals surface area contributed by atoms with Crippen LogP contribution in [0, 0.1) is 0 Å². The molecule has 0 saturated carbocycles. The lowest BCUT2D eigenvalue weighted by Crippen LogP contribution is -2.08. The Hall–Kier alpha value is -4.38. The molecule has 0 aliphatic rings. The average molecular weight is 420 g/mol. The van der Waals surface area contributed by atoms with E-state index in [1.165, 1.54) is 6.08 Å². The lowest BCUT2D eigenvalue weighted by atomic mass is 10.1. The highest BCUT2D eigenvalue weighted by Gasteiger charge is 2.14. The molecule has 0 saturated heterocycles. The van der Waals surface area contributed by atoms with Gasteiger partial charge in [0.15, 0.2) is 5.58 Å². The van der Waals surface area contributed by atoms with Crippen molar-refractivity contribution in [1.82, 2.24) is 4.98 Å². The van der Waals surface area contributed by atoms with E-state index in [1.54, 1.807) is 13.2 Å². The summed E-state index contributed by atoms with van der Waals surface area (Å²) in [6, 6.07) is 27.0. The van der Waals surface area contributed by atoms with Crippen LogP contribution in [0.3, 0.4) is 0 Å². The summed E-state index contributed by atoms with van der Waals surface area (Å²) in [7, 11) is 1.62. The van der Waals surface area contributed by atoms with Gasteiger partial charge < -0.3 is 14.5 Å². The number of hydrogen-bond donors (Lipinski definition) is 1. The van der Waals surface area contributed by atoms with E-state index in [0.29, 0.717) is 17.2 Å². The summed E-state index contributed by atoms with van der Waals surface area (Å²) in [5, 5.41) is 5.07. The number of benzene rings is 4. The number of nitrogens with one attached hydrogen (secondary N) is 1. The number of aromatic nitrogens is 1. The van der Waals surface area contributed by atoms with Gasteiger partial charge >= 0.3 is 0 Å². The molecule has 0 radical (unpaired) electrons. The number of rotatable bonds is 5. The first kappa shape index (κ1) is 19.6. The molecular formula is C27H20N2O3. The van der Waals surface area contributed by atoms with Crippen molar-refractivity contribution in [2.45, 2.75) is 0 Å². The molecule has 0 spiro atoms. The van der Waals surface area contributed by atoms with Crippen LogP contribution < -0.4 is 10.1 Å². The summed E-state index contributed by atoms with van der Waals surface area (Å²) in [5.41, 5.74) is 3.77. The van der Waals surface area contributed by atoms with E-state index >= 15 is 0 Å². The fourth-order valence-corrected chi connectivity index (χ4v) is 3.62. The molecule has 32 heavy (non-hydrogen) atoms. The molecular weight excluding hydrogens is 400 g/mol. The molecule has 5 nitrogen and oxygen atoms in total. The molecule has 1 aromatic heterocycles. The Morgan fingerprint density at radius 1 is 0.938 bits per heavy atom. The third-order valence-electron chi connectivity index (χ3n) is 5.24. The number of hydrogen-bond acceptors (Lipinski definition) is 4. The van der Waals surface area contributed by atoms with Crippen LogP contribution in [0.4, 0.5) is 5.69 Å². The molecule has 156 valence electrons. The Bertz CT molecular complexity index is 1450. The number of carbonyl (C=O) groups is 1. The van der Waals surface area contributed by atoms with Crippen molar-refractivity contribution in [2.75, 3.05) is 12.4 Å². The first-order chi connectivity index (χ1) is 15.7. The van der Waals surface area contributed by atoms with Crippen molar-refractivity contribution in [2.24, 2.45) is 0 Å². The normalized spacial score (nSPS) is 11.3. The maximum atomic E-state index is 12.6. The second-order valence-corrected chi connectivity index (χ2v) is 7.29. The molecule has 1 N–H and O–H groups in total. The number of methoxy groups -OCH3 is 1. The number of oxazole rings is 1. The van der Waals surface area contributed by atoms with Crippen LogP contribution in [0.2, 0.25) is 0 Å². The Kier molecular flexibility index (Phi) is 5.14. The van der Waals surface area contributed by atoms with Gasteiger partial charge in [-0.05, 0) is 47.4 Å². The van der Waals surface area contributed by atoms with Gasteiger partial charge in [-0.2, -0.15) is 0 Å². The highest BCUT2D eigenvalue weighted by atomic mass is 16.5. The van der Waals surface area contributed by atoms with Gasteiger partial charge in [0.1, 0.15) is 11.3 Å². The first-order valence-electron chi connectivity index (χ1n) is 10.2. The molecule has 5 aromatic rings. The minimum Gasteiger partial charge on any atom is -0.497 e. The predicted molar refractivity (Wildman–Crippen MR) is 128 cm³/mol. The number of anilines is 1. The highest BCUT2D eigenvalue weighted by Crippen LogP contribution is 2.33. The highest BCUT2D eigenvalue weighted by molar-refractivity contribution is 6.06. The van der Waals surface area contributed by atoms with Gasteiger partial charge in [0, 0.05) is 11.5 Å². The number of ether oxygens (including phenoxy) is 1. The number of fused-ring (bicyclic) bond motifs is 3. The van der Waals surface area contributed by atoms with Crippen molar-refractivity contribution < 1.29 is 13.9 Å². The van der Waals surface area contributed by atoms with Crippen molar-refractivity contribution in [3.63, 3.8) is 0 Å². The monoisotopic (exact) mass is 420 g/mol. The fraction of sp³-hybridized carbons (Fsp3) is 0.0370. The maximum Gasteiger partial charge on any atom is 0.248 e. The summed E-state index contributed by atoms with van der Waals surface area (Å²) < 4.78 is 11.2. The van der Waals surface area contributed by atoms with Crippen molar-refractivity contribution in [3.8, 4) is 17.2 Å². The van der Waals surface area contributed by atoms with Gasteiger partial charge in [0.2, 0.25) is 11.8 Å². The molecule has 5 heteroatoms. The number of para-hydroxylation sites is 1. The lowest BCUT2D eigenvalue weighted by Gasteiger charge is -2.06. The first-order valence-corrected chi connectivity index (χ1v) is 10.2. The molecule has 0 aliphatic carbocycles. The third kappa shape index (κ3) is 3.84. The van der Waals surface area contributed by atoms with Crippen LogP contribution in [0.15, 0.2) is 95.4 Å². The van der Waals surface area contributed by atoms with Crippen molar-refractivity contribution >= 4 is 39.5 Å². The van der Waals surface area contributed by atoms with Gasteiger partial charge in [-0.1, -0.05) is 54.6 Å². The van der Waals surface area contributed by atoms with Crippen LogP contribution >= 0.6 is 0 Å². The molecule has 0 bridgehead atoms. The largest absolute Gasteiger partial charge is 0.497 e. The molecule has 0 unspecified atom stereocenters. The molecule has 1 amide bonds. The molecule has 0 aliphatic heterocycles. The summed E-state index contributed by atoms with van der Waals surface area (Å²) >= 11 is 0. The molecule has 0 fully saturated rings. The number of amides is 1. The zero-order valence-electron chi connectivity index (χ0n) is 17.4. The van der Waals surface area contributed by atoms with Gasteiger partial charge in [0.25, 0.3) is 0 Å². The zero-order valence-corrected chi connectivity index (χ0v) is 17.4. The molecule has 5 rings (SSSR count). The van der Waals surface area contributed by atoms with E-state index in [0.717, 1.165) is 33.2 Å². The number of nitrogens with zero attached hydrogens (tertiary/aromatic N) is 1. The van der Waals surface area contributed by atoms with E-state index < -0.39 is 0 Å². The van der Waals surface area contributed by atoms with Crippen LogP contribution in [0.1, 0.15) is 5.56 Å². The third-order valence-corrected chi connectivity index (χ3v) is 5.24. The SMILES string of the molecule is COc1ccc(C=CC(=O)Nc2ccccc2-c2nc3c(ccc4ccccc43)o2)cc1. The summed E-state index contributed by atoms with van der Waals surface area (Å²) in [6.45, 7) is 0. The average Bonchev–Trinajstić information content (AvgIpc) is 3.28. The summed E-state index contributed by atoms with van der Waals surface area (Å²) in [4.78, 5) is 17.3. The topological polar surface area (TPSA) is 64.4 Å². The van der Waals surface area contributed by atoms with Gasteiger partial charge in [-0.3, -0.25) is 4.79 Å². The van der Waals surface area contributed by atoms with Crippen molar-refractivity contribution in [1.29, 1.82) is 0 Å². The van der Waals surface area contributed by atoms with Gasteiger partial charge in [0.05, 0.1) is 18.4 Å². The smallest absolute Gasteiger partial charge is 0.248 e. The van der Waals surface area contributed by atoms with E-state index in [4.69, 9.17) is 14.1 Å². The van der Waals surface area contributed by atoms with Crippen LogP contribution in [-0.2, 0) is 4.79 Å². The van der Waals surface area contributed by atoms with Crippen LogP contribution in [-0.4, -0.2) is 18.0 Å². The second kappa shape index (κ2) is 8.40. The van der Waals surface area contributed by atoms with E-state index in [2.05, 4.69) is 5.32 Å². The van der Waals surface area contributed by atoms with E-state index in [-0.39, 0.29) is 5.91 Å². The molecule has 1 heterocycles. The van der Waals surface area contributed by atoms with Gasteiger partial charge in [-0.15, -0.1) is 0 Å². The predicted octanol–water partition coefficient (Wildman–Crippen LogP) is 6.31. The Labute approximate surface area is 185 Å². The quantitative estimate of drug-likeness (QED) is 0.339. The zero-order chi connectivity index (χ0) is 21.9. The number of carbonyl (C=O) groups excluding carboxylic acids is 1. The van der Waals surface area contributed by atoms with Crippen LogP contribution in [0.25, 0.3) is 39.4 Å². The van der Waals surface area contributed by atoms with Crippen molar-refractivity contribution in [3.05, 3.63) is 96.6 Å².